The molecule has 1 aliphatic rings. The fraction of sp³-hybridized carbons (Fsp3) is 0.455. The van der Waals surface area contributed by atoms with Crippen LogP contribution < -0.4 is 0 Å². The van der Waals surface area contributed by atoms with Crippen LogP contribution in [0.2, 0.25) is 0 Å². The highest BCUT2D eigenvalue weighted by molar-refractivity contribution is 5.93. The fourth-order valence-electron chi connectivity index (χ4n) is 1.75. The number of carbonyl (C=O) groups is 2. The van der Waals surface area contributed by atoms with Crippen molar-refractivity contribution in [2.45, 2.75) is 0 Å². The van der Waals surface area contributed by atoms with Crippen LogP contribution in [0.1, 0.15) is 21.1 Å². The van der Waals surface area contributed by atoms with Crippen LogP contribution in [0.5, 0.6) is 0 Å². The Morgan fingerprint density at radius 2 is 1.94 bits per heavy atom. The normalized spacial score (nSPS) is 16.6. The molecule has 1 aliphatic heterocycles. The number of likely N-dealkylation sites (N-methyl/N-ethyl adjacent to an activating group) is 1. The van der Waals surface area contributed by atoms with E-state index in [1.807, 2.05) is 7.05 Å². The smallest absolute Gasteiger partial charge is 0.373 e. The van der Waals surface area contributed by atoms with Crippen LogP contribution >= 0.6 is 0 Å². The second-order valence-corrected chi connectivity index (χ2v) is 4.17. The van der Waals surface area contributed by atoms with Crippen molar-refractivity contribution in [3.8, 4) is 0 Å². The van der Waals surface area contributed by atoms with Crippen LogP contribution in [0.25, 0.3) is 0 Å². The summed E-state index contributed by atoms with van der Waals surface area (Å²) in [4.78, 5) is 34.0. The minimum atomic E-state index is -1.23. The largest absolute Gasteiger partial charge is 0.475 e. The number of carboxylic acid groups (broad SMARTS) is 1. The van der Waals surface area contributed by atoms with Crippen molar-refractivity contribution in [2.24, 2.45) is 0 Å². The summed E-state index contributed by atoms with van der Waals surface area (Å²) >= 11 is 0. The molecule has 1 N–H and O–H groups in total. The summed E-state index contributed by atoms with van der Waals surface area (Å²) in [5.41, 5.74) is 0.131. The molecule has 1 fully saturated rings. The van der Waals surface area contributed by atoms with Gasteiger partial charge in [-0.25, -0.2) is 14.8 Å². The highest BCUT2D eigenvalue weighted by Gasteiger charge is 2.22. The summed E-state index contributed by atoms with van der Waals surface area (Å²) in [7, 11) is 2.00. The van der Waals surface area contributed by atoms with Gasteiger partial charge in [0.25, 0.3) is 5.91 Å². The first-order chi connectivity index (χ1) is 8.58. The van der Waals surface area contributed by atoms with Crippen molar-refractivity contribution in [2.75, 3.05) is 33.2 Å². The summed E-state index contributed by atoms with van der Waals surface area (Å²) in [6.07, 6.45) is 1.29. The van der Waals surface area contributed by atoms with E-state index in [1.165, 1.54) is 12.3 Å². The maximum Gasteiger partial charge on any atom is 0.373 e. The molecular formula is C11H14N4O3. The first kappa shape index (κ1) is 12.4. The van der Waals surface area contributed by atoms with E-state index in [4.69, 9.17) is 5.11 Å². The van der Waals surface area contributed by atoms with Gasteiger partial charge in [-0.2, -0.15) is 0 Å². The van der Waals surface area contributed by atoms with E-state index in [0.717, 1.165) is 13.1 Å². The molecule has 2 rings (SSSR count). The van der Waals surface area contributed by atoms with E-state index in [1.54, 1.807) is 4.90 Å². The highest BCUT2D eigenvalue weighted by Crippen LogP contribution is 2.06. The van der Waals surface area contributed by atoms with Gasteiger partial charge in [-0.15, -0.1) is 0 Å². The van der Waals surface area contributed by atoms with Gasteiger partial charge in [0.15, 0.2) is 0 Å². The van der Waals surface area contributed by atoms with Crippen molar-refractivity contribution in [1.82, 2.24) is 19.8 Å². The van der Waals surface area contributed by atoms with Crippen LogP contribution in [0, 0.1) is 0 Å². The molecule has 1 amide bonds. The Morgan fingerprint density at radius 1 is 1.28 bits per heavy atom. The van der Waals surface area contributed by atoms with Gasteiger partial charge in [0.05, 0.1) is 0 Å². The molecule has 0 aliphatic carbocycles. The minimum absolute atomic E-state index is 0.131. The number of carboxylic acids is 1. The number of piperazine rings is 1. The Labute approximate surface area is 104 Å². The van der Waals surface area contributed by atoms with Gasteiger partial charge >= 0.3 is 5.97 Å². The standard InChI is InChI=1S/C11H14N4O3/c1-14-4-6-15(7-5-14)10(16)8-2-3-12-9(13-8)11(17)18/h2-3H,4-7H2,1H3,(H,17,18). The number of amides is 1. The van der Waals surface area contributed by atoms with Crippen LogP contribution in [0.15, 0.2) is 12.3 Å². The molecule has 0 radical (unpaired) electrons. The van der Waals surface area contributed by atoms with Gasteiger partial charge in [-0.05, 0) is 13.1 Å². The van der Waals surface area contributed by atoms with E-state index >= 15 is 0 Å². The molecule has 1 aromatic rings. The average molecular weight is 250 g/mol. The Morgan fingerprint density at radius 3 is 2.56 bits per heavy atom. The molecule has 18 heavy (non-hydrogen) atoms. The zero-order valence-corrected chi connectivity index (χ0v) is 10.0. The van der Waals surface area contributed by atoms with Crippen molar-refractivity contribution in [3.05, 3.63) is 23.8 Å². The maximum atomic E-state index is 12.1. The molecule has 0 aromatic carbocycles. The molecular weight excluding hydrogens is 236 g/mol. The van der Waals surface area contributed by atoms with Crippen molar-refractivity contribution >= 4 is 11.9 Å². The third-order valence-corrected chi connectivity index (χ3v) is 2.86. The zero-order valence-electron chi connectivity index (χ0n) is 10.0. The molecule has 7 heteroatoms. The summed E-state index contributed by atoms with van der Waals surface area (Å²) in [6.45, 7) is 2.87. The lowest BCUT2D eigenvalue weighted by Crippen LogP contribution is -2.47. The van der Waals surface area contributed by atoms with Crippen LogP contribution in [-0.4, -0.2) is 70.0 Å². The molecule has 0 saturated carbocycles. The van der Waals surface area contributed by atoms with Crippen molar-refractivity contribution in [3.63, 3.8) is 0 Å². The first-order valence-corrected chi connectivity index (χ1v) is 5.62. The lowest BCUT2D eigenvalue weighted by atomic mass is 10.3. The number of aromatic carboxylic acids is 1. The van der Waals surface area contributed by atoms with E-state index in [2.05, 4.69) is 14.9 Å². The van der Waals surface area contributed by atoms with Crippen molar-refractivity contribution < 1.29 is 14.7 Å². The SMILES string of the molecule is CN1CCN(C(=O)c2ccnc(C(=O)O)n2)CC1. The average Bonchev–Trinajstić information content (AvgIpc) is 2.39. The lowest BCUT2D eigenvalue weighted by molar-refractivity contribution is 0.0655. The number of carbonyl (C=O) groups excluding carboxylic acids is 1. The Balaban J connectivity index is 2.13. The third kappa shape index (κ3) is 2.62. The summed E-state index contributed by atoms with van der Waals surface area (Å²) in [5, 5.41) is 8.78. The molecule has 96 valence electrons. The second-order valence-electron chi connectivity index (χ2n) is 4.17. The predicted molar refractivity (Wildman–Crippen MR) is 62.4 cm³/mol. The Hall–Kier alpha value is -2.02. The minimum Gasteiger partial charge on any atom is -0.475 e. The maximum absolute atomic E-state index is 12.1. The number of nitrogens with zero attached hydrogens (tertiary/aromatic N) is 4. The summed E-state index contributed by atoms with van der Waals surface area (Å²) in [6, 6.07) is 1.44. The van der Waals surface area contributed by atoms with E-state index in [-0.39, 0.29) is 17.4 Å². The fourth-order valence-corrected chi connectivity index (χ4v) is 1.75. The number of rotatable bonds is 2. The van der Waals surface area contributed by atoms with Crippen LogP contribution in [0.4, 0.5) is 0 Å². The first-order valence-electron chi connectivity index (χ1n) is 5.62. The summed E-state index contributed by atoms with van der Waals surface area (Å²) < 4.78 is 0. The van der Waals surface area contributed by atoms with Gasteiger partial charge in [0.2, 0.25) is 5.82 Å². The van der Waals surface area contributed by atoms with Gasteiger partial charge in [0, 0.05) is 32.4 Å². The molecule has 1 saturated heterocycles. The molecule has 7 nitrogen and oxygen atoms in total. The molecule has 1 aromatic heterocycles. The quantitative estimate of drug-likeness (QED) is 0.766. The number of hydrogen-bond acceptors (Lipinski definition) is 5. The predicted octanol–water partition coefficient (Wildman–Crippen LogP) is -0.438. The molecule has 0 bridgehead atoms. The van der Waals surface area contributed by atoms with E-state index in [0.29, 0.717) is 13.1 Å². The van der Waals surface area contributed by atoms with Gasteiger partial charge < -0.3 is 14.9 Å². The Kier molecular flexibility index (Phi) is 3.52. The third-order valence-electron chi connectivity index (χ3n) is 2.86. The van der Waals surface area contributed by atoms with Gasteiger partial charge in [-0.3, -0.25) is 4.79 Å². The second kappa shape index (κ2) is 5.09. The van der Waals surface area contributed by atoms with Gasteiger partial charge in [0.1, 0.15) is 5.69 Å². The molecule has 0 atom stereocenters. The molecule has 0 spiro atoms. The Bertz CT molecular complexity index is 469. The van der Waals surface area contributed by atoms with E-state index in [9.17, 15) is 9.59 Å². The topological polar surface area (TPSA) is 86.6 Å². The lowest BCUT2D eigenvalue weighted by Gasteiger charge is -2.32. The molecule has 0 unspecified atom stereocenters. The number of hydrogen-bond donors (Lipinski definition) is 1. The molecule has 2 heterocycles. The van der Waals surface area contributed by atoms with Crippen LogP contribution in [-0.2, 0) is 0 Å². The van der Waals surface area contributed by atoms with E-state index < -0.39 is 5.97 Å². The zero-order chi connectivity index (χ0) is 13.1. The number of aromatic nitrogens is 2. The van der Waals surface area contributed by atoms with Gasteiger partial charge in [-0.1, -0.05) is 0 Å². The highest BCUT2D eigenvalue weighted by atomic mass is 16.4. The summed E-state index contributed by atoms with van der Waals surface area (Å²) in [5.74, 6) is -1.83. The van der Waals surface area contributed by atoms with Crippen LogP contribution in [0.3, 0.4) is 0 Å². The monoisotopic (exact) mass is 250 g/mol. The van der Waals surface area contributed by atoms with Crippen molar-refractivity contribution in [1.29, 1.82) is 0 Å².